The van der Waals surface area contributed by atoms with E-state index in [1.165, 1.54) is 24.5 Å². The smallest absolute Gasteiger partial charge is 0.305 e. The maximum Gasteiger partial charge on any atom is 3.00 e. The Morgan fingerprint density at radius 3 is 1.32 bits per heavy atom. The quantitative estimate of drug-likeness (QED) is 0.0780. The molecule has 19 heteroatoms. The number of pyridine rings is 2. The fourth-order valence-electron chi connectivity index (χ4n) is 4.51. The summed E-state index contributed by atoms with van der Waals surface area (Å²) in [6, 6.07) is 40.6. The van der Waals surface area contributed by atoms with Crippen molar-refractivity contribution in [3.8, 4) is 22.5 Å². The Bertz CT molecular complexity index is 2230. The Morgan fingerprint density at radius 2 is 1.03 bits per heavy atom. The van der Waals surface area contributed by atoms with E-state index in [2.05, 4.69) is 99.9 Å². The zero-order valence-corrected chi connectivity index (χ0v) is 37.4. The summed E-state index contributed by atoms with van der Waals surface area (Å²) in [4.78, 5) is 17.3. The molecule has 0 spiro atoms. The molecule has 0 atom stereocenters. The summed E-state index contributed by atoms with van der Waals surface area (Å²) in [6.45, 7) is 3.06. The second-order valence-electron chi connectivity index (χ2n) is 12.1. The van der Waals surface area contributed by atoms with Crippen LogP contribution in [-0.4, -0.2) is 32.5 Å². The Morgan fingerprint density at radius 1 is 0.677 bits per heavy atom. The van der Waals surface area contributed by atoms with Crippen LogP contribution in [0.3, 0.4) is 0 Å². The van der Waals surface area contributed by atoms with Crippen LogP contribution in [0.1, 0.15) is 13.8 Å². The summed E-state index contributed by atoms with van der Waals surface area (Å²) in [5.41, 5.74) is 1.27. The maximum absolute atomic E-state index is 13.2. The van der Waals surface area contributed by atoms with Crippen molar-refractivity contribution in [2.24, 2.45) is 7.05 Å². The molecule has 3 aromatic heterocycles. The van der Waals surface area contributed by atoms with E-state index < -0.39 is 39.0 Å². The maximum atomic E-state index is 13.2. The first kappa shape index (κ1) is 54.8. The minimum absolute atomic E-state index is 0. The van der Waals surface area contributed by atoms with Crippen LogP contribution >= 0.6 is 15.7 Å². The number of aryl methyl sites for hydroxylation is 1. The number of hydrogen-bond donors (Lipinski definition) is 1. The van der Waals surface area contributed by atoms with Crippen molar-refractivity contribution in [1.82, 2.24) is 14.5 Å². The molecule has 7 rings (SSSR count). The number of Topliss-reactive ketones (excluding diaryl/α,β-unsaturated/α-hetero) is 1. The zero-order valence-electron chi connectivity index (χ0n) is 33.2. The average molecular weight is 1090 g/mol. The number of aliphatic hydroxyl groups is 1. The van der Waals surface area contributed by atoms with Crippen molar-refractivity contribution >= 4 is 32.1 Å². The molecule has 1 N–H and O–H groups in total. The van der Waals surface area contributed by atoms with E-state index in [9.17, 15) is 47.5 Å². The van der Waals surface area contributed by atoms with Gasteiger partial charge < -0.3 is 29.0 Å². The average Bonchev–Trinajstić information content (AvgIpc) is 3.62. The van der Waals surface area contributed by atoms with Crippen molar-refractivity contribution in [3.05, 3.63) is 188 Å². The zero-order chi connectivity index (χ0) is 45.7. The number of aliphatic hydroxyl groups excluding tert-OH is 1. The second-order valence-corrected chi connectivity index (χ2v) is 16.2. The van der Waals surface area contributed by atoms with Gasteiger partial charge in [0.05, 0.1) is 13.3 Å². The molecule has 0 unspecified atom stereocenters. The molecule has 0 radical (unpaired) electrons. The number of hydrogen-bond acceptors (Lipinski definition) is 4. The molecule has 0 fully saturated rings. The number of rotatable bonds is 6. The molecule has 0 amide bonds. The molecular formula is C43H39F10IrN4O2P2. The first-order chi connectivity index (χ1) is 28.5. The number of carbonyl (C=O) groups excluding carboxylic acids is 1. The van der Waals surface area contributed by atoms with Crippen LogP contribution in [0.2, 0.25) is 0 Å². The first-order valence-corrected chi connectivity index (χ1v) is 21.0. The molecule has 0 saturated heterocycles. The van der Waals surface area contributed by atoms with Gasteiger partial charge >= 0.3 is 53.1 Å². The Hall–Kier alpha value is -5.17. The fraction of sp³-hybridized carbons (Fsp3) is 0.116. The van der Waals surface area contributed by atoms with E-state index >= 15 is 0 Å². The molecular weight excluding hydrogens is 1050 g/mol. The van der Waals surface area contributed by atoms with Gasteiger partial charge in [-0.3, -0.25) is 17.6 Å². The van der Waals surface area contributed by atoms with E-state index in [-0.39, 0.29) is 37.0 Å². The topological polar surface area (TPSA) is 71.9 Å². The normalized spacial score (nSPS) is 11.2. The minimum atomic E-state index is -10.7. The summed E-state index contributed by atoms with van der Waals surface area (Å²) in [6.07, 6.45) is 11.5. The number of nitrogens with zero attached hydrogens (tertiary/aromatic N) is 4. The third-order valence-corrected chi connectivity index (χ3v) is 9.17. The molecule has 0 aliphatic rings. The van der Waals surface area contributed by atoms with E-state index in [1.54, 1.807) is 48.8 Å². The van der Waals surface area contributed by atoms with Gasteiger partial charge in [0.1, 0.15) is 5.78 Å². The molecule has 0 bridgehead atoms. The molecule has 0 aliphatic heterocycles. The largest absolute Gasteiger partial charge is 3.00 e. The number of ketones is 1. The summed E-state index contributed by atoms with van der Waals surface area (Å²) in [5, 5.41) is 9.80. The number of imidazole rings is 1. The van der Waals surface area contributed by atoms with E-state index in [1.807, 2.05) is 17.8 Å². The molecule has 62 heavy (non-hydrogen) atoms. The van der Waals surface area contributed by atoms with Crippen LogP contribution in [0, 0.1) is 41.7 Å². The predicted molar refractivity (Wildman–Crippen MR) is 218 cm³/mol. The van der Waals surface area contributed by atoms with Crippen LogP contribution in [0.5, 0.6) is 0 Å². The monoisotopic (exact) mass is 1090 g/mol. The van der Waals surface area contributed by atoms with Gasteiger partial charge in [-0.1, -0.05) is 108 Å². The van der Waals surface area contributed by atoms with Crippen LogP contribution in [0.15, 0.2) is 146 Å². The van der Waals surface area contributed by atoms with Gasteiger partial charge in [0, 0.05) is 42.8 Å². The van der Waals surface area contributed by atoms with Gasteiger partial charge in [-0.2, -0.15) is 0 Å². The number of halogens is 10. The molecule has 0 saturated carbocycles. The van der Waals surface area contributed by atoms with Crippen LogP contribution in [0.25, 0.3) is 22.5 Å². The van der Waals surface area contributed by atoms with E-state index in [4.69, 9.17) is 5.11 Å². The Balaban J connectivity index is 0.000000411. The predicted octanol–water partition coefficient (Wildman–Crippen LogP) is 11.4. The third-order valence-electron chi connectivity index (χ3n) is 6.74. The molecule has 4 aromatic carbocycles. The van der Waals surface area contributed by atoms with Crippen molar-refractivity contribution in [2.75, 3.05) is 7.11 Å². The molecule has 6 nitrogen and oxygen atoms in total. The van der Waals surface area contributed by atoms with Gasteiger partial charge in [-0.25, -0.2) is 0 Å². The second kappa shape index (κ2) is 25.1. The van der Waals surface area contributed by atoms with Crippen molar-refractivity contribution in [1.29, 1.82) is 0 Å². The number of aromatic nitrogens is 4. The van der Waals surface area contributed by atoms with Crippen molar-refractivity contribution < 1.29 is 77.3 Å². The summed E-state index contributed by atoms with van der Waals surface area (Å²) < 4.78 is 115. The summed E-state index contributed by atoms with van der Waals surface area (Å²) in [5.74, 6) is -2.41. The Kier molecular flexibility index (Phi) is 22.2. The molecule has 332 valence electrons. The van der Waals surface area contributed by atoms with E-state index in [0.29, 0.717) is 11.4 Å². The Labute approximate surface area is 367 Å². The van der Waals surface area contributed by atoms with Gasteiger partial charge in [0.15, 0.2) is 0 Å². The number of benzene rings is 4. The minimum Gasteiger partial charge on any atom is -0.305 e. The third kappa shape index (κ3) is 23.7. The standard InChI is InChI=1S/C17H17N2P.2C11H6F2N.C3H6O.CH4O.F6P.Ir/c1-18-12-13-19(14-18)15-20(16-8-4-2-5-9-16)17-10-6-3-7-11-17;2*12-8-4-5-9(10(13)7-8)11-3-1-2-6-14-11;1-3(2)4;1-2;1-7(2,3,4,5)6;/h2-13H,15H2,1H3;2*1-4,6-7H;1-2H3;2H,1H3;;/q;2*-1;;;-1;+3. The molecule has 7 aromatic rings. The van der Waals surface area contributed by atoms with Gasteiger partial charge in [-0.15, -0.1) is 24.3 Å². The van der Waals surface area contributed by atoms with Crippen molar-refractivity contribution in [3.63, 3.8) is 0 Å². The van der Waals surface area contributed by atoms with Gasteiger partial charge in [-0.05, 0) is 68.3 Å². The molecule has 3 heterocycles. The first-order valence-electron chi connectivity index (χ1n) is 17.4. The van der Waals surface area contributed by atoms with Crippen molar-refractivity contribution in [2.45, 2.75) is 20.1 Å². The number of carbonyl (C=O) groups is 1. The summed E-state index contributed by atoms with van der Waals surface area (Å²) in [7, 11) is -8.05. The van der Waals surface area contributed by atoms with Gasteiger partial charge in [0.25, 0.3) is 0 Å². The summed E-state index contributed by atoms with van der Waals surface area (Å²) >= 11 is 0. The fourth-order valence-corrected chi connectivity index (χ4v) is 6.66. The van der Waals surface area contributed by atoms with Crippen LogP contribution < -0.4 is 15.2 Å². The van der Waals surface area contributed by atoms with E-state index in [0.717, 1.165) is 37.7 Å². The SMILES string of the molecule is CC(C)=O.CO.C[n+]1[c-]n(CP(c2ccccc2)c2ccccc2)cc1.F[P-](F)(F)(F)(F)F.Fc1c[c-]c(-c2ccccn2)c(F)c1.Fc1c[c-]c(-c2ccccn2)c(F)c1.[Ir+3]. The van der Waals surface area contributed by atoms with Crippen LogP contribution in [0.4, 0.5) is 42.7 Å². The van der Waals surface area contributed by atoms with Crippen LogP contribution in [-0.2, 0) is 38.2 Å². The van der Waals surface area contributed by atoms with Gasteiger partial charge in [0.2, 0.25) is 6.33 Å². The molecule has 0 aliphatic carbocycles.